The number of Topliss-reactive ketones (excluding diaryl/α,β-unsaturated/α-hetero) is 1. The minimum absolute atomic E-state index is 0.0429. The molecule has 19 heavy (non-hydrogen) atoms. The van der Waals surface area contributed by atoms with Crippen molar-refractivity contribution in [2.24, 2.45) is 34.8 Å². The number of aliphatic carboxylic acids is 1. The van der Waals surface area contributed by atoms with Gasteiger partial charge in [-0.1, -0.05) is 13.8 Å². The van der Waals surface area contributed by atoms with Crippen LogP contribution in [0.2, 0.25) is 0 Å². The van der Waals surface area contributed by atoms with Gasteiger partial charge in [0, 0.05) is 5.92 Å². The molecule has 4 rings (SSSR count). The molecule has 3 atom stereocenters. The number of hydrogen-bond donors (Lipinski definition) is 2. The maximum absolute atomic E-state index is 12.7. The van der Waals surface area contributed by atoms with Crippen molar-refractivity contribution >= 4 is 11.8 Å². The first-order valence-electron chi connectivity index (χ1n) is 7.38. The first-order chi connectivity index (χ1) is 8.81. The molecule has 4 aliphatic carbocycles. The van der Waals surface area contributed by atoms with Crippen LogP contribution in [0.4, 0.5) is 0 Å². The van der Waals surface area contributed by atoms with Gasteiger partial charge in [0.05, 0.1) is 11.0 Å². The van der Waals surface area contributed by atoms with Crippen molar-refractivity contribution in [1.82, 2.24) is 0 Å². The molecule has 0 radical (unpaired) electrons. The van der Waals surface area contributed by atoms with Crippen LogP contribution in [0.15, 0.2) is 0 Å². The van der Waals surface area contributed by atoms with Crippen LogP contribution >= 0.6 is 0 Å². The summed E-state index contributed by atoms with van der Waals surface area (Å²) in [4.78, 5) is 24.6. The normalized spacial score (nSPS) is 47.7. The fraction of sp³-hybridized carbons (Fsp3) is 0.867. The summed E-state index contributed by atoms with van der Waals surface area (Å²) in [6, 6.07) is 0. The van der Waals surface area contributed by atoms with E-state index in [1.165, 1.54) is 0 Å². The van der Waals surface area contributed by atoms with Gasteiger partial charge >= 0.3 is 5.97 Å². The van der Waals surface area contributed by atoms with Crippen molar-refractivity contribution < 1.29 is 14.7 Å². The highest BCUT2D eigenvalue weighted by Crippen LogP contribution is 2.64. The van der Waals surface area contributed by atoms with Crippen molar-refractivity contribution in [2.45, 2.75) is 51.5 Å². The number of rotatable bonds is 3. The molecule has 0 amide bonds. The molecular formula is C15H23NO3. The van der Waals surface area contributed by atoms with Crippen molar-refractivity contribution in [2.75, 3.05) is 0 Å². The van der Waals surface area contributed by atoms with Crippen molar-refractivity contribution in [3.8, 4) is 0 Å². The highest BCUT2D eigenvalue weighted by atomic mass is 16.4. The molecule has 3 unspecified atom stereocenters. The molecule has 4 bridgehead atoms. The molecule has 0 aromatic rings. The third kappa shape index (κ3) is 1.44. The van der Waals surface area contributed by atoms with Gasteiger partial charge in [-0.15, -0.1) is 0 Å². The van der Waals surface area contributed by atoms with E-state index in [0.29, 0.717) is 24.7 Å². The highest BCUT2D eigenvalue weighted by molar-refractivity contribution is 5.97. The zero-order chi connectivity index (χ0) is 14.0. The Labute approximate surface area is 113 Å². The minimum Gasteiger partial charge on any atom is -0.481 e. The van der Waals surface area contributed by atoms with Crippen LogP contribution in [0, 0.1) is 29.1 Å². The molecule has 0 spiro atoms. The quantitative estimate of drug-likeness (QED) is 0.815. The predicted octanol–water partition coefficient (Wildman–Crippen LogP) is 1.82. The van der Waals surface area contributed by atoms with E-state index in [-0.39, 0.29) is 17.6 Å². The molecule has 0 aromatic heterocycles. The molecule has 106 valence electrons. The standard InChI is InChI=1S/C15H23NO3/c1-8(2)12(17)15(16)11-4-9-3-10(5-11)7-14(15,6-9)13(18)19/h8-11H,3-7,16H2,1-2H3,(H,18,19). The third-order valence-corrected chi connectivity index (χ3v) is 5.95. The minimum atomic E-state index is -1.14. The van der Waals surface area contributed by atoms with Crippen molar-refractivity contribution in [3.05, 3.63) is 0 Å². The molecule has 0 aromatic carbocycles. The van der Waals surface area contributed by atoms with Gasteiger partial charge in [-0.25, -0.2) is 0 Å². The van der Waals surface area contributed by atoms with E-state index in [1.807, 2.05) is 13.8 Å². The first kappa shape index (κ1) is 13.1. The Bertz CT molecular complexity index is 431. The molecule has 0 saturated heterocycles. The summed E-state index contributed by atoms with van der Waals surface area (Å²) in [5, 5.41) is 9.81. The highest BCUT2D eigenvalue weighted by Gasteiger charge is 2.70. The molecule has 3 N–H and O–H groups in total. The second-order valence-electron chi connectivity index (χ2n) is 7.32. The molecule has 0 heterocycles. The average molecular weight is 265 g/mol. The van der Waals surface area contributed by atoms with Gasteiger partial charge in [-0.2, -0.15) is 0 Å². The zero-order valence-electron chi connectivity index (χ0n) is 11.7. The molecule has 4 aliphatic rings. The summed E-state index contributed by atoms with van der Waals surface area (Å²) >= 11 is 0. The summed E-state index contributed by atoms with van der Waals surface area (Å²) < 4.78 is 0. The number of carbonyl (C=O) groups is 2. The van der Waals surface area contributed by atoms with Crippen LogP contribution in [0.3, 0.4) is 0 Å². The maximum Gasteiger partial charge on any atom is 0.312 e. The number of ketones is 1. The van der Waals surface area contributed by atoms with Crippen LogP contribution in [-0.4, -0.2) is 22.4 Å². The number of carboxylic acid groups (broad SMARTS) is 1. The lowest BCUT2D eigenvalue weighted by atomic mass is 9.40. The van der Waals surface area contributed by atoms with Crippen molar-refractivity contribution in [3.63, 3.8) is 0 Å². The SMILES string of the molecule is CC(C)C(=O)C1(N)C2CC3CC(C2)CC1(C(=O)O)C3. The van der Waals surface area contributed by atoms with Gasteiger partial charge in [0.25, 0.3) is 0 Å². The Morgan fingerprint density at radius 1 is 1.16 bits per heavy atom. The summed E-state index contributed by atoms with van der Waals surface area (Å²) in [5.41, 5.74) is 4.41. The largest absolute Gasteiger partial charge is 0.481 e. The summed E-state index contributed by atoms with van der Waals surface area (Å²) in [5.74, 6) is -0.0826. The van der Waals surface area contributed by atoms with Crippen LogP contribution in [0.1, 0.15) is 46.0 Å². The Hall–Kier alpha value is -0.900. The second kappa shape index (κ2) is 3.81. The first-order valence-corrected chi connectivity index (χ1v) is 7.38. The maximum atomic E-state index is 12.7. The smallest absolute Gasteiger partial charge is 0.312 e. The lowest BCUT2D eigenvalue weighted by Crippen LogP contribution is -2.75. The summed E-state index contributed by atoms with van der Waals surface area (Å²) in [6.45, 7) is 3.66. The topological polar surface area (TPSA) is 80.4 Å². The van der Waals surface area contributed by atoms with E-state index < -0.39 is 16.9 Å². The van der Waals surface area contributed by atoms with Gasteiger partial charge in [-0.05, 0) is 49.9 Å². The van der Waals surface area contributed by atoms with Crippen LogP contribution in [-0.2, 0) is 9.59 Å². The van der Waals surface area contributed by atoms with Crippen molar-refractivity contribution in [1.29, 1.82) is 0 Å². The average Bonchev–Trinajstić information content (AvgIpc) is 2.33. The number of hydrogen-bond acceptors (Lipinski definition) is 3. The molecule has 0 aliphatic heterocycles. The van der Waals surface area contributed by atoms with E-state index in [2.05, 4.69) is 0 Å². The fourth-order valence-electron chi connectivity index (χ4n) is 5.33. The Morgan fingerprint density at radius 3 is 2.11 bits per heavy atom. The Balaban J connectivity index is 2.11. The molecule has 4 fully saturated rings. The number of carboxylic acids is 1. The zero-order valence-corrected chi connectivity index (χ0v) is 11.7. The van der Waals surface area contributed by atoms with E-state index in [4.69, 9.17) is 5.73 Å². The van der Waals surface area contributed by atoms with Gasteiger partial charge in [0.2, 0.25) is 0 Å². The van der Waals surface area contributed by atoms with Crippen LogP contribution in [0.25, 0.3) is 0 Å². The lowest BCUT2D eigenvalue weighted by Gasteiger charge is -2.63. The Morgan fingerprint density at radius 2 is 1.68 bits per heavy atom. The Kier molecular flexibility index (Phi) is 2.63. The molecular weight excluding hydrogens is 242 g/mol. The monoisotopic (exact) mass is 265 g/mol. The third-order valence-electron chi connectivity index (χ3n) is 5.95. The van der Waals surface area contributed by atoms with Gasteiger partial charge in [-0.3, -0.25) is 9.59 Å². The van der Waals surface area contributed by atoms with E-state index in [1.54, 1.807) is 0 Å². The predicted molar refractivity (Wildman–Crippen MR) is 70.4 cm³/mol. The van der Waals surface area contributed by atoms with E-state index >= 15 is 0 Å². The van der Waals surface area contributed by atoms with Gasteiger partial charge < -0.3 is 10.8 Å². The number of nitrogens with two attached hydrogens (primary N) is 1. The van der Waals surface area contributed by atoms with E-state index in [0.717, 1.165) is 19.3 Å². The van der Waals surface area contributed by atoms with Crippen LogP contribution in [0.5, 0.6) is 0 Å². The lowest BCUT2D eigenvalue weighted by molar-refractivity contribution is -0.187. The number of carbonyl (C=O) groups excluding carboxylic acids is 1. The van der Waals surface area contributed by atoms with Gasteiger partial charge in [0.15, 0.2) is 5.78 Å². The fourth-order valence-corrected chi connectivity index (χ4v) is 5.33. The van der Waals surface area contributed by atoms with Gasteiger partial charge in [0.1, 0.15) is 0 Å². The summed E-state index contributed by atoms with van der Waals surface area (Å²) in [7, 11) is 0. The van der Waals surface area contributed by atoms with Crippen LogP contribution < -0.4 is 5.73 Å². The molecule has 4 saturated carbocycles. The molecule has 4 heteroatoms. The second-order valence-corrected chi connectivity index (χ2v) is 7.32. The molecule has 4 nitrogen and oxygen atoms in total. The summed E-state index contributed by atoms with van der Waals surface area (Å²) in [6.07, 6.45) is 4.23. The van der Waals surface area contributed by atoms with E-state index in [9.17, 15) is 14.7 Å².